The fourth-order valence-corrected chi connectivity index (χ4v) is 3.86. The van der Waals surface area contributed by atoms with Gasteiger partial charge in [-0.2, -0.15) is 11.8 Å². The Kier molecular flexibility index (Phi) is 6.25. The minimum Gasteiger partial charge on any atom is -0.313 e. The number of benzene rings is 1. The third-order valence-corrected chi connectivity index (χ3v) is 5.08. The molecule has 3 unspecified atom stereocenters. The highest BCUT2D eigenvalue weighted by Gasteiger charge is 2.26. The van der Waals surface area contributed by atoms with Gasteiger partial charge in [-0.25, -0.2) is 0 Å². The summed E-state index contributed by atoms with van der Waals surface area (Å²) in [6.07, 6.45) is 7.66. The van der Waals surface area contributed by atoms with Gasteiger partial charge in [0.1, 0.15) is 0 Å². The number of hydrogen-bond donors (Lipinski definition) is 1. The molecule has 106 valence electrons. The van der Waals surface area contributed by atoms with Crippen LogP contribution in [0.1, 0.15) is 44.1 Å². The maximum Gasteiger partial charge on any atom is 0.0136 e. The fraction of sp³-hybridized carbons (Fsp3) is 0.647. The Hall–Kier alpha value is -0.470. The molecule has 1 fully saturated rings. The zero-order valence-corrected chi connectivity index (χ0v) is 13.1. The zero-order chi connectivity index (χ0) is 13.5. The summed E-state index contributed by atoms with van der Waals surface area (Å²) in [4.78, 5) is 0. The highest BCUT2D eigenvalue weighted by Crippen LogP contribution is 2.33. The molecule has 2 heteroatoms. The molecule has 0 aromatic heterocycles. The van der Waals surface area contributed by atoms with E-state index >= 15 is 0 Å². The van der Waals surface area contributed by atoms with Crippen molar-refractivity contribution in [3.05, 3.63) is 35.9 Å². The Morgan fingerprint density at radius 1 is 1.21 bits per heavy atom. The van der Waals surface area contributed by atoms with E-state index in [4.69, 9.17) is 0 Å². The van der Waals surface area contributed by atoms with Crippen molar-refractivity contribution in [1.82, 2.24) is 5.32 Å². The van der Waals surface area contributed by atoms with Crippen molar-refractivity contribution < 1.29 is 0 Å². The van der Waals surface area contributed by atoms with Gasteiger partial charge in [0.25, 0.3) is 0 Å². The van der Waals surface area contributed by atoms with E-state index in [0.29, 0.717) is 6.04 Å². The molecule has 0 heterocycles. The standard InChI is InChI=1S/C17H27NS/c1-14(13-19-2)12-18-17-11-7-6-10-16(17)15-8-4-3-5-9-15/h3-5,8-9,14,16-18H,6-7,10-13H2,1-2H3. The van der Waals surface area contributed by atoms with Gasteiger partial charge in [0.2, 0.25) is 0 Å². The predicted molar refractivity (Wildman–Crippen MR) is 87.0 cm³/mol. The molecule has 0 bridgehead atoms. The molecule has 0 saturated heterocycles. The maximum atomic E-state index is 3.84. The Labute approximate surface area is 122 Å². The Morgan fingerprint density at radius 3 is 2.68 bits per heavy atom. The summed E-state index contributed by atoms with van der Waals surface area (Å²) in [6, 6.07) is 11.8. The lowest BCUT2D eigenvalue weighted by atomic mass is 9.80. The van der Waals surface area contributed by atoms with Gasteiger partial charge in [0.05, 0.1) is 0 Å². The summed E-state index contributed by atoms with van der Waals surface area (Å²) >= 11 is 1.95. The molecule has 1 N–H and O–H groups in total. The van der Waals surface area contributed by atoms with Crippen molar-refractivity contribution in [1.29, 1.82) is 0 Å². The third-order valence-electron chi connectivity index (χ3n) is 4.17. The second-order valence-corrected chi connectivity index (χ2v) is 6.79. The van der Waals surface area contributed by atoms with E-state index in [9.17, 15) is 0 Å². The van der Waals surface area contributed by atoms with E-state index in [1.165, 1.54) is 37.0 Å². The van der Waals surface area contributed by atoms with E-state index in [2.05, 4.69) is 48.8 Å². The molecule has 1 aliphatic carbocycles. The maximum absolute atomic E-state index is 3.84. The Morgan fingerprint density at radius 2 is 1.95 bits per heavy atom. The number of thioether (sulfide) groups is 1. The number of hydrogen-bond acceptors (Lipinski definition) is 2. The fourth-order valence-electron chi connectivity index (χ4n) is 3.17. The molecule has 0 radical (unpaired) electrons. The lowest BCUT2D eigenvalue weighted by Gasteiger charge is -2.33. The molecular weight excluding hydrogens is 250 g/mol. The van der Waals surface area contributed by atoms with Crippen LogP contribution in [-0.2, 0) is 0 Å². The molecule has 0 spiro atoms. The van der Waals surface area contributed by atoms with Gasteiger partial charge >= 0.3 is 0 Å². The second-order valence-electron chi connectivity index (χ2n) is 5.88. The second kappa shape index (κ2) is 7.96. The third kappa shape index (κ3) is 4.54. The monoisotopic (exact) mass is 277 g/mol. The molecular formula is C17H27NS. The van der Waals surface area contributed by atoms with Gasteiger partial charge in [-0.1, -0.05) is 50.1 Å². The van der Waals surface area contributed by atoms with E-state index in [1.54, 1.807) is 0 Å². The van der Waals surface area contributed by atoms with Gasteiger partial charge in [-0.3, -0.25) is 0 Å². The Bertz CT molecular complexity index is 352. The minimum atomic E-state index is 0.681. The number of rotatable bonds is 6. The summed E-state index contributed by atoms with van der Waals surface area (Å²) in [7, 11) is 0. The molecule has 19 heavy (non-hydrogen) atoms. The highest BCUT2D eigenvalue weighted by molar-refractivity contribution is 7.98. The van der Waals surface area contributed by atoms with Crippen LogP contribution in [-0.4, -0.2) is 24.6 Å². The normalized spacial score (nSPS) is 25.2. The molecule has 1 saturated carbocycles. The molecule has 1 aromatic carbocycles. The van der Waals surface area contributed by atoms with E-state index in [0.717, 1.165) is 18.4 Å². The number of nitrogens with one attached hydrogen (secondary N) is 1. The lowest BCUT2D eigenvalue weighted by molar-refractivity contribution is 0.317. The first-order valence-corrected chi connectivity index (χ1v) is 8.98. The van der Waals surface area contributed by atoms with Crippen LogP contribution < -0.4 is 5.32 Å². The van der Waals surface area contributed by atoms with E-state index in [-0.39, 0.29) is 0 Å². The largest absolute Gasteiger partial charge is 0.313 e. The van der Waals surface area contributed by atoms with Crippen LogP contribution in [0, 0.1) is 5.92 Å². The topological polar surface area (TPSA) is 12.0 Å². The van der Waals surface area contributed by atoms with Crippen molar-refractivity contribution in [3.63, 3.8) is 0 Å². The average molecular weight is 277 g/mol. The summed E-state index contributed by atoms with van der Waals surface area (Å²) in [5, 5.41) is 3.84. The van der Waals surface area contributed by atoms with Crippen molar-refractivity contribution in [2.45, 2.75) is 44.6 Å². The van der Waals surface area contributed by atoms with Gasteiger partial charge < -0.3 is 5.32 Å². The van der Waals surface area contributed by atoms with Gasteiger partial charge in [-0.05, 0) is 48.8 Å². The SMILES string of the molecule is CSCC(C)CNC1CCCCC1c1ccccc1. The zero-order valence-electron chi connectivity index (χ0n) is 12.3. The van der Waals surface area contributed by atoms with Gasteiger partial charge in [-0.15, -0.1) is 0 Å². The predicted octanol–water partition coefficient (Wildman–Crippen LogP) is 4.30. The van der Waals surface area contributed by atoms with Crippen molar-refractivity contribution in [3.8, 4) is 0 Å². The van der Waals surface area contributed by atoms with Crippen LogP contribution in [0.3, 0.4) is 0 Å². The average Bonchev–Trinajstić information content (AvgIpc) is 2.47. The first-order valence-electron chi connectivity index (χ1n) is 7.58. The summed E-state index contributed by atoms with van der Waals surface area (Å²) in [5.74, 6) is 2.75. The summed E-state index contributed by atoms with van der Waals surface area (Å²) in [5.41, 5.74) is 1.53. The van der Waals surface area contributed by atoms with Crippen LogP contribution in [0.25, 0.3) is 0 Å². The van der Waals surface area contributed by atoms with Crippen LogP contribution in [0.2, 0.25) is 0 Å². The van der Waals surface area contributed by atoms with Crippen LogP contribution in [0.4, 0.5) is 0 Å². The molecule has 1 nitrogen and oxygen atoms in total. The quantitative estimate of drug-likeness (QED) is 0.832. The van der Waals surface area contributed by atoms with Crippen LogP contribution in [0.15, 0.2) is 30.3 Å². The molecule has 0 amide bonds. The van der Waals surface area contributed by atoms with E-state index in [1.807, 2.05) is 11.8 Å². The lowest BCUT2D eigenvalue weighted by Crippen LogP contribution is -2.39. The van der Waals surface area contributed by atoms with Crippen LogP contribution >= 0.6 is 11.8 Å². The Balaban J connectivity index is 1.93. The van der Waals surface area contributed by atoms with E-state index < -0.39 is 0 Å². The smallest absolute Gasteiger partial charge is 0.0136 e. The van der Waals surface area contributed by atoms with Crippen LogP contribution in [0.5, 0.6) is 0 Å². The first kappa shape index (κ1) is 14.9. The van der Waals surface area contributed by atoms with Crippen molar-refractivity contribution in [2.75, 3.05) is 18.6 Å². The van der Waals surface area contributed by atoms with Gasteiger partial charge in [0.15, 0.2) is 0 Å². The molecule has 1 aliphatic rings. The first-order chi connectivity index (χ1) is 9.31. The van der Waals surface area contributed by atoms with Crippen molar-refractivity contribution in [2.24, 2.45) is 5.92 Å². The molecule has 1 aromatic rings. The summed E-state index contributed by atoms with van der Waals surface area (Å²) < 4.78 is 0. The van der Waals surface area contributed by atoms with Gasteiger partial charge in [0, 0.05) is 6.04 Å². The molecule has 3 atom stereocenters. The highest BCUT2D eigenvalue weighted by atomic mass is 32.2. The molecule has 2 rings (SSSR count). The summed E-state index contributed by atoms with van der Waals surface area (Å²) in [6.45, 7) is 3.51. The molecule has 0 aliphatic heterocycles. The minimum absolute atomic E-state index is 0.681. The van der Waals surface area contributed by atoms with Crippen molar-refractivity contribution >= 4 is 11.8 Å².